The van der Waals surface area contributed by atoms with E-state index in [1.807, 2.05) is 6.07 Å². The SMILES string of the molecule is C[Si](C)(C)OCc1cc(O[Si](C)(C)C)c2c(c1)C(=O)c1cccc(O[Si](C)(C)C)c1C2=O. The van der Waals surface area contributed by atoms with Gasteiger partial charge in [0.15, 0.2) is 14.1 Å². The fourth-order valence-corrected chi connectivity index (χ4v) is 5.77. The van der Waals surface area contributed by atoms with Crippen molar-refractivity contribution in [3.63, 3.8) is 0 Å². The minimum atomic E-state index is -2.05. The normalized spacial score (nSPS) is 14.2. The van der Waals surface area contributed by atoms with Gasteiger partial charge in [-0.1, -0.05) is 12.1 Å². The first-order valence-corrected chi connectivity index (χ1v) is 21.2. The predicted molar refractivity (Wildman–Crippen MR) is 136 cm³/mol. The van der Waals surface area contributed by atoms with E-state index < -0.39 is 25.0 Å². The molecule has 0 aromatic heterocycles. The van der Waals surface area contributed by atoms with E-state index in [2.05, 4.69) is 58.9 Å². The standard InChI is InChI=1S/C24H34O5Si3/c1-30(2,3)27-15-16-13-18-22(20(14-16)29-32(7,8)9)24(26)21-17(23(18)25)11-10-12-19(21)28-31(4,5)6/h10-14H,15H2,1-9H3. The van der Waals surface area contributed by atoms with Gasteiger partial charge in [0, 0.05) is 11.1 Å². The van der Waals surface area contributed by atoms with Crippen LogP contribution in [0, 0.1) is 0 Å². The molecule has 8 heteroatoms. The molecule has 0 atom stereocenters. The molecule has 172 valence electrons. The van der Waals surface area contributed by atoms with E-state index in [0.29, 0.717) is 40.4 Å². The van der Waals surface area contributed by atoms with Gasteiger partial charge in [-0.25, -0.2) is 0 Å². The molecular formula is C24H34O5Si3. The minimum absolute atomic E-state index is 0.175. The third-order valence-corrected chi connectivity index (χ3v) is 7.31. The lowest BCUT2D eigenvalue weighted by Gasteiger charge is -2.28. The monoisotopic (exact) mass is 486 g/mol. The average Bonchev–Trinajstić information content (AvgIpc) is 2.60. The average molecular weight is 487 g/mol. The highest BCUT2D eigenvalue weighted by molar-refractivity contribution is 6.71. The number of fused-ring (bicyclic) bond motifs is 2. The van der Waals surface area contributed by atoms with Gasteiger partial charge in [0.2, 0.25) is 22.4 Å². The maximum Gasteiger partial charge on any atom is 0.242 e. The molecule has 0 fully saturated rings. The molecule has 0 aliphatic heterocycles. The Morgan fingerprint density at radius 1 is 0.656 bits per heavy atom. The molecular weight excluding hydrogens is 453 g/mol. The third kappa shape index (κ3) is 5.67. The van der Waals surface area contributed by atoms with Crippen LogP contribution in [0.15, 0.2) is 30.3 Å². The lowest BCUT2D eigenvalue weighted by molar-refractivity contribution is 0.0975. The van der Waals surface area contributed by atoms with Crippen molar-refractivity contribution < 1.29 is 22.9 Å². The van der Waals surface area contributed by atoms with Crippen molar-refractivity contribution in [3.05, 3.63) is 58.1 Å². The molecule has 5 nitrogen and oxygen atoms in total. The van der Waals surface area contributed by atoms with Gasteiger partial charge in [0.1, 0.15) is 11.5 Å². The first-order chi connectivity index (χ1) is 14.6. The first kappa shape index (κ1) is 24.6. The molecule has 0 bridgehead atoms. The highest BCUT2D eigenvalue weighted by atomic mass is 28.4. The Morgan fingerprint density at radius 3 is 1.78 bits per heavy atom. The molecule has 0 heterocycles. The van der Waals surface area contributed by atoms with Crippen molar-refractivity contribution in [2.75, 3.05) is 0 Å². The number of hydrogen-bond acceptors (Lipinski definition) is 5. The van der Waals surface area contributed by atoms with E-state index >= 15 is 0 Å². The van der Waals surface area contributed by atoms with Crippen LogP contribution < -0.4 is 8.85 Å². The molecule has 1 aliphatic carbocycles. The van der Waals surface area contributed by atoms with E-state index in [1.54, 1.807) is 24.3 Å². The smallest absolute Gasteiger partial charge is 0.242 e. The topological polar surface area (TPSA) is 61.8 Å². The van der Waals surface area contributed by atoms with Crippen LogP contribution >= 0.6 is 0 Å². The Balaban J connectivity index is 2.19. The summed E-state index contributed by atoms with van der Waals surface area (Å²) >= 11 is 0. The summed E-state index contributed by atoms with van der Waals surface area (Å²) in [5.41, 5.74) is 2.31. The van der Waals surface area contributed by atoms with Crippen LogP contribution in [0.2, 0.25) is 58.9 Å². The summed E-state index contributed by atoms with van der Waals surface area (Å²) in [6, 6.07) is 8.93. The number of carbonyl (C=O) groups excluding carboxylic acids is 2. The zero-order valence-corrected chi connectivity index (χ0v) is 23.6. The second-order valence-electron chi connectivity index (χ2n) is 11.2. The zero-order chi connectivity index (χ0) is 24.1. The van der Waals surface area contributed by atoms with Crippen molar-refractivity contribution in [1.29, 1.82) is 0 Å². The van der Waals surface area contributed by atoms with Crippen molar-refractivity contribution in [1.82, 2.24) is 0 Å². The summed E-state index contributed by atoms with van der Waals surface area (Å²) in [6.07, 6.45) is 0. The second kappa shape index (κ2) is 8.40. The Labute approximate surface area is 194 Å². The zero-order valence-electron chi connectivity index (χ0n) is 20.6. The quantitative estimate of drug-likeness (QED) is 0.370. The molecule has 0 spiro atoms. The van der Waals surface area contributed by atoms with Crippen molar-refractivity contribution in [3.8, 4) is 11.5 Å². The number of benzene rings is 2. The van der Waals surface area contributed by atoms with Gasteiger partial charge in [-0.2, -0.15) is 0 Å². The van der Waals surface area contributed by atoms with Crippen LogP contribution in [0.25, 0.3) is 0 Å². The fraction of sp³-hybridized carbons (Fsp3) is 0.417. The summed E-state index contributed by atoms with van der Waals surface area (Å²) in [5, 5.41) is 0. The lowest BCUT2D eigenvalue weighted by Crippen LogP contribution is -2.33. The van der Waals surface area contributed by atoms with Crippen LogP contribution in [0.3, 0.4) is 0 Å². The Kier molecular flexibility index (Phi) is 6.47. The number of rotatable bonds is 7. The van der Waals surface area contributed by atoms with Crippen molar-refractivity contribution in [2.45, 2.75) is 65.5 Å². The van der Waals surface area contributed by atoms with E-state index in [9.17, 15) is 9.59 Å². The summed E-state index contributed by atoms with van der Waals surface area (Å²) in [4.78, 5) is 27.4. The molecule has 0 radical (unpaired) electrons. The van der Waals surface area contributed by atoms with Crippen LogP contribution in [0.5, 0.6) is 11.5 Å². The molecule has 0 unspecified atom stereocenters. The second-order valence-corrected chi connectivity index (χ2v) is 24.6. The maximum atomic E-state index is 13.8. The maximum absolute atomic E-state index is 13.8. The summed E-state index contributed by atoms with van der Waals surface area (Å²) < 4.78 is 18.6. The molecule has 2 aromatic rings. The van der Waals surface area contributed by atoms with E-state index in [-0.39, 0.29) is 11.6 Å². The van der Waals surface area contributed by atoms with Gasteiger partial charge >= 0.3 is 0 Å². The fourth-order valence-electron chi connectivity index (χ4n) is 3.52. The highest BCUT2D eigenvalue weighted by Crippen LogP contribution is 2.39. The molecule has 0 amide bonds. The number of carbonyl (C=O) groups is 2. The molecule has 2 aromatic carbocycles. The van der Waals surface area contributed by atoms with E-state index in [1.165, 1.54) is 0 Å². The van der Waals surface area contributed by atoms with Crippen LogP contribution in [0.1, 0.15) is 37.4 Å². The van der Waals surface area contributed by atoms with Gasteiger partial charge < -0.3 is 13.3 Å². The predicted octanol–water partition coefficient (Wildman–Crippen LogP) is 6.24. The molecule has 32 heavy (non-hydrogen) atoms. The largest absolute Gasteiger partial charge is 0.544 e. The van der Waals surface area contributed by atoms with E-state index in [4.69, 9.17) is 13.3 Å². The van der Waals surface area contributed by atoms with Gasteiger partial charge in [0.05, 0.1) is 17.7 Å². The Bertz CT molecular complexity index is 1070. The third-order valence-electron chi connectivity index (χ3n) is 4.64. The van der Waals surface area contributed by atoms with Gasteiger partial charge in [0.25, 0.3) is 0 Å². The summed E-state index contributed by atoms with van der Waals surface area (Å²) in [5.74, 6) is 0.568. The summed E-state index contributed by atoms with van der Waals surface area (Å²) in [6.45, 7) is 19.1. The van der Waals surface area contributed by atoms with Gasteiger partial charge in [-0.05, 0) is 82.7 Å². The summed E-state index contributed by atoms with van der Waals surface area (Å²) in [7, 11) is -5.80. The van der Waals surface area contributed by atoms with E-state index in [0.717, 1.165) is 5.56 Å². The van der Waals surface area contributed by atoms with Crippen molar-refractivity contribution in [2.24, 2.45) is 0 Å². The van der Waals surface area contributed by atoms with Crippen LogP contribution in [-0.2, 0) is 11.0 Å². The minimum Gasteiger partial charge on any atom is -0.544 e. The first-order valence-electron chi connectivity index (χ1n) is 11.0. The Morgan fingerprint density at radius 2 is 1.22 bits per heavy atom. The molecule has 0 saturated heterocycles. The van der Waals surface area contributed by atoms with Gasteiger partial charge in [-0.15, -0.1) is 0 Å². The van der Waals surface area contributed by atoms with Crippen LogP contribution in [-0.4, -0.2) is 36.5 Å². The lowest BCUT2D eigenvalue weighted by atomic mass is 9.82. The van der Waals surface area contributed by atoms with Gasteiger partial charge in [-0.3, -0.25) is 9.59 Å². The molecule has 0 N–H and O–H groups in total. The molecule has 0 saturated carbocycles. The Hall–Kier alpha value is -2.01. The number of hydrogen-bond donors (Lipinski definition) is 0. The molecule has 3 rings (SSSR count). The highest BCUT2D eigenvalue weighted by Gasteiger charge is 2.37. The molecule has 1 aliphatic rings. The van der Waals surface area contributed by atoms with Crippen LogP contribution in [0.4, 0.5) is 0 Å². The number of ketones is 2. The van der Waals surface area contributed by atoms with Crippen molar-refractivity contribution >= 4 is 36.5 Å².